The molecule has 2 saturated heterocycles. The molecular weight excluding hydrogens is 368 g/mol. The Morgan fingerprint density at radius 1 is 0.733 bits per heavy atom. The zero-order chi connectivity index (χ0) is 20.9. The zero-order valence-corrected chi connectivity index (χ0v) is 20.3. The normalized spacial score (nSPS) is 62.5. The second-order valence-corrected chi connectivity index (χ2v) is 13.6. The van der Waals surface area contributed by atoms with E-state index >= 15 is 0 Å². The summed E-state index contributed by atoms with van der Waals surface area (Å²) in [6.07, 6.45) is 14.6. The molecule has 6 aliphatic rings. The molecule has 170 valence electrons. The van der Waals surface area contributed by atoms with Crippen LogP contribution >= 0.6 is 0 Å². The first-order valence-corrected chi connectivity index (χ1v) is 13.6. The van der Waals surface area contributed by atoms with E-state index in [1.165, 1.54) is 57.8 Å². The van der Waals surface area contributed by atoms with Crippen LogP contribution in [0.5, 0.6) is 0 Å². The Balaban J connectivity index is 1.26. The van der Waals surface area contributed by atoms with Gasteiger partial charge in [0.2, 0.25) is 0 Å². The first-order chi connectivity index (χ1) is 14.3. The summed E-state index contributed by atoms with van der Waals surface area (Å²) in [5.41, 5.74) is 1.11. The smallest absolute Gasteiger partial charge is 0.171 e. The molecule has 2 nitrogen and oxygen atoms in total. The third-order valence-electron chi connectivity index (χ3n) is 12.2. The van der Waals surface area contributed by atoms with Crippen LogP contribution in [0.25, 0.3) is 0 Å². The summed E-state index contributed by atoms with van der Waals surface area (Å²) in [6.45, 7) is 13.6. The van der Waals surface area contributed by atoms with Crippen LogP contribution in [0.4, 0.5) is 0 Å². The lowest BCUT2D eigenvalue weighted by Crippen LogP contribution is -2.54. The zero-order valence-electron chi connectivity index (χ0n) is 20.3. The summed E-state index contributed by atoms with van der Waals surface area (Å²) >= 11 is 0. The van der Waals surface area contributed by atoms with Crippen LogP contribution in [0.1, 0.15) is 98.8 Å². The second kappa shape index (κ2) is 6.72. The fraction of sp³-hybridized carbons (Fsp3) is 1.00. The molecule has 0 aromatic rings. The molecule has 2 aliphatic heterocycles. The Labute approximate surface area is 185 Å². The molecular formula is C28H46O2. The van der Waals surface area contributed by atoms with E-state index in [1.807, 2.05) is 0 Å². The Kier molecular flexibility index (Phi) is 4.60. The fourth-order valence-corrected chi connectivity index (χ4v) is 10.5. The molecule has 0 amide bonds. The van der Waals surface area contributed by atoms with Crippen molar-refractivity contribution in [2.75, 3.05) is 6.61 Å². The molecule has 2 heterocycles. The van der Waals surface area contributed by atoms with Crippen molar-refractivity contribution in [2.24, 2.45) is 58.2 Å². The van der Waals surface area contributed by atoms with Gasteiger partial charge in [-0.1, -0.05) is 41.0 Å². The van der Waals surface area contributed by atoms with E-state index in [9.17, 15) is 0 Å². The van der Waals surface area contributed by atoms with E-state index in [4.69, 9.17) is 9.47 Å². The van der Waals surface area contributed by atoms with Gasteiger partial charge in [0.1, 0.15) is 0 Å². The quantitative estimate of drug-likeness (QED) is 0.422. The summed E-state index contributed by atoms with van der Waals surface area (Å²) in [5, 5.41) is 0. The number of hydrogen-bond donors (Lipinski definition) is 0. The van der Waals surface area contributed by atoms with Gasteiger partial charge in [0.25, 0.3) is 0 Å². The second-order valence-electron chi connectivity index (χ2n) is 13.6. The Bertz CT molecular complexity index is 680. The molecule has 4 saturated carbocycles. The lowest BCUT2D eigenvalue weighted by Gasteiger charge is -2.61. The molecule has 0 bridgehead atoms. The summed E-state index contributed by atoms with van der Waals surface area (Å²) in [7, 11) is 0. The van der Waals surface area contributed by atoms with Crippen LogP contribution in [-0.2, 0) is 9.47 Å². The molecule has 2 heteroatoms. The van der Waals surface area contributed by atoms with Gasteiger partial charge in [0, 0.05) is 12.3 Å². The largest absolute Gasteiger partial charge is 0.349 e. The summed E-state index contributed by atoms with van der Waals surface area (Å²) in [4.78, 5) is 0. The van der Waals surface area contributed by atoms with E-state index in [0.717, 1.165) is 42.6 Å². The molecule has 6 rings (SSSR count). The lowest BCUT2D eigenvalue weighted by atomic mass is 9.44. The van der Waals surface area contributed by atoms with Gasteiger partial charge in [-0.05, 0) is 104 Å². The van der Waals surface area contributed by atoms with Crippen molar-refractivity contribution in [2.45, 2.75) is 111 Å². The van der Waals surface area contributed by atoms with E-state index in [2.05, 4.69) is 34.6 Å². The molecule has 12 atom stereocenters. The van der Waals surface area contributed by atoms with Crippen LogP contribution < -0.4 is 0 Å². The SMILES string of the molecule is CC1CCC2(OC1)OC1CC3C4CCC5CC(C)CC[C@]5(C)C4CC[C@]3(C)C1[C@@H]2C. The lowest BCUT2D eigenvalue weighted by molar-refractivity contribution is -0.273. The predicted molar refractivity (Wildman–Crippen MR) is 121 cm³/mol. The van der Waals surface area contributed by atoms with Gasteiger partial charge < -0.3 is 9.47 Å². The van der Waals surface area contributed by atoms with Crippen molar-refractivity contribution in [3.8, 4) is 0 Å². The van der Waals surface area contributed by atoms with Crippen molar-refractivity contribution in [3.63, 3.8) is 0 Å². The minimum Gasteiger partial charge on any atom is -0.349 e. The Morgan fingerprint density at radius 3 is 2.27 bits per heavy atom. The van der Waals surface area contributed by atoms with Crippen molar-refractivity contribution < 1.29 is 9.47 Å². The highest BCUT2D eigenvalue weighted by atomic mass is 16.7. The maximum Gasteiger partial charge on any atom is 0.171 e. The molecule has 0 aromatic heterocycles. The van der Waals surface area contributed by atoms with Gasteiger partial charge in [-0.25, -0.2) is 0 Å². The van der Waals surface area contributed by atoms with Crippen LogP contribution in [0.15, 0.2) is 0 Å². The fourth-order valence-electron chi connectivity index (χ4n) is 10.5. The van der Waals surface area contributed by atoms with Crippen LogP contribution in [0, 0.1) is 58.2 Å². The van der Waals surface area contributed by atoms with Gasteiger partial charge in [0.05, 0.1) is 12.7 Å². The predicted octanol–water partition coefficient (Wildman–Crippen LogP) is 7.07. The molecule has 4 aliphatic carbocycles. The molecule has 9 unspecified atom stereocenters. The summed E-state index contributed by atoms with van der Waals surface area (Å²) in [6, 6.07) is 0. The molecule has 0 N–H and O–H groups in total. The number of ether oxygens (including phenoxy) is 2. The molecule has 1 spiro atoms. The van der Waals surface area contributed by atoms with Gasteiger partial charge in [-0.3, -0.25) is 0 Å². The van der Waals surface area contributed by atoms with Gasteiger partial charge in [0.15, 0.2) is 5.79 Å². The first-order valence-electron chi connectivity index (χ1n) is 13.6. The summed E-state index contributed by atoms with van der Waals surface area (Å²) < 4.78 is 13.4. The van der Waals surface area contributed by atoms with Crippen LogP contribution in [0.2, 0.25) is 0 Å². The maximum absolute atomic E-state index is 6.93. The first kappa shape index (κ1) is 20.5. The molecule has 0 aromatic carbocycles. The number of rotatable bonds is 0. The number of fused-ring (bicyclic) bond motifs is 7. The van der Waals surface area contributed by atoms with E-state index < -0.39 is 0 Å². The molecule has 6 fully saturated rings. The third-order valence-corrected chi connectivity index (χ3v) is 12.2. The summed E-state index contributed by atoms with van der Waals surface area (Å²) in [5.74, 6) is 6.52. The topological polar surface area (TPSA) is 18.5 Å². The van der Waals surface area contributed by atoms with Crippen LogP contribution in [0.3, 0.4) is 0 Å². The Hall–Kier alpha value is -0.0800. The van der Waals surface area contributed by atoms with Gasteiger partial charge >= 0.3 is 0 Å². The van der Waals surface area contributed by atoms with Gasteiger partial charge in [-0.15, -0.1) is 0 Å². The average molecular weight is 415 g/mol. The Morgan fingerprint density at radius 2 is 1.50 bits per heavy atom. The minimum atomic E-state index is -0.254. The van der Waals surface area contributed by atoms with Crippen LogP contribution in [-0.4, -0.2) is 18.5 Å². The highest BCUT2D eigenvalue weighted by Gasteiger charge is 2.69. The monoisotopic (exact) mass is 414 g/mol. The maximum atomic E-state index is 6.93. The highest BCUT2D eigenvalue weighted by molar-refractivity contribution is 5.15. The standard InChI is InChI=1S/C28H46O2/c1-17-8-11-26(4)20(14-17)6-7-21-22(26)10-12-27(5)23(21)15-24-25(27)19(3)28(30-24)13-9-18(2)16-29-28/h17-25H,6-16H2,1-5H3/t17?,18?,19-,20?,21?,22?,23?,24?,25?,26-,27-,28?/m0/s1. The van der Waals surface area contributed by atoms with E-state index in [1.54, 1.807) is 0 Å². The van der Waals surface area contributed by atoms with Crippen molar-refractivity contribution in [1.29, 1.82) is 0 Å². The molecule has 30 heavy (non-hydrogen) atoms. The third kappa shape index (κ3) is 2.62. The van der Waals surface area contributed by atoms with Gasteiger partial charge in [-0.2, -0.15) is 0 Å². The van der Waals surface area contributed by atoms with E-state index in [-0.39, 0.29) is 5.79 Å². The van der Waals surface area contributed by atoms with E-state index in [0.29, 0.717) is 34.7 Å². The van der Waals surface area contributed by atoms with Crippen molar-refractivity contribution in [1.82, 2.24) is 0 Å². The van der Waals surface area contributed by atoms with Crippen molar-refractivity contribution >= 4 is 0 Å². The highest BCUT2D eigenvalue weighted by Crippen LogP contribution is 2.71. The minimum absolute atomic E-state index is 0.254. The van der Waals surface area contributed by atoms with Crippen molar-refractivity contribution in [3.05, 3.63) is 0 Å². The molecule has 0 radical (unpaired) electrons. The number of hydrogen-bond acceptors (Lipinski definition) is 2. The average Bonchev–Trinajstić information content (AvgIpc) is 3.16.